The highest BCUT2D eigenvalue weighted by molar-refractivity contribution is 7.12. The van der Waals surface area contributed by atoms with Gasteiger partial charge in [0.1, 0.15) is 10.6 Å². The fourth-order valence-corrected chi connectivity index (χ4v) is 2.46. The molecule has 0 saturated carbocycles. The van der Waals surface area contributed by atoms with Crippen LogP contribution in [0.2, 0.25) is 0 Å². The van der Waals surface area contributed by atoms with Crippen LogP contribution in [0.3, 0.4) is 0 Å². The van der Waals surface area contributed by atoms with Crippen LogP contribution in [0.25, 0.3) is 11.3 Å². The molecule has 0 amide bonds. The van der Waals surface area contributed by atoms with Crippen LogP contribution in [0, 0.1) is 6.92 Å². The van der Waals surface area contributed by atoms with Crippen LogP contribution in [0.15, 0.2) is 30.3 Å². The molecule has 1 aromatic heterocycles. The van der Waals surface area contributed by atoms with Gasteiger partial charge in [-0.3, -0.25) is 0 Å². The summed E-state index contributed by atoms with van der Waals surface area (Å²) in [5, 5.41) is 10.7. The molecule has 84 valence electrons. The van der Waals surface area contributed by atoms with Gasteiger partial charge in [0, 0.05) is 10.4 Å². The number of aromatic nitrogens is 1. The third kappa shape index (κ3) is 2.15. The van der Waals surface area contributed by atoms with Crippen molar-refractivity contribution in [3.63, 3.8) is 0 Å². The second-order valence-electron chi connectivity index (χ2n) is 4.35. The fourth-order valence-electron chi connectivity index (χ4n) is 1.52. The fraction of sp³-hybridized carbons (Fsp3) is 0.308. The minimum Gasteiger partial charge on any atom is -0.383 e. The van der Waals surface area contributed by atoms with Gasteiger partial charge in [-0.15, -0.1) is 11.3 Å². The molecule has 0 atom stereocenters. The molecular weight excluding hydrogens is 218 g/mol. The molecule has 2 aromatic rings. The highest BCUT2D eigenvalue weighted by Crippen LogP contribution is 2.32. The summed E-state index contributed by atoms with van der Waals surface area (Å²) >= 11 is 1.56. The third-order valence-corrected chi connectivity index (χ3v) is 3.65. The first-order valence-corrected chi connectivity index (χ1v) is 6.06. The topological polar surface area (TPSA) is 33.1 Å². The van der Waals surface area contributed by atoms with E-state index in [1.54, 1.807) is 25.2 Å². The SMILES string of the molecule is Cc1sc(C(C)(C)O)nc1-c1ccccc1. The number of aliphatic hydroxyl groups is 1. The van der Waals surface area contributed by atoms with Gasteiger partial charge in [-0.2, -0.15) is 0 Å². The molecule has 0 bridgehead atoms. The van der Waals surface area contributed by atoms with E-state index in [4.69, 9.17) is 0 Å². The lowest BCUT2D eigenvalue weighted by Crippen LogP contribution is -2.14. The van der Waals surface area contributed by atoms with Crippen molar-refractivity contribution in [1.29, 1.82) is 0 Å². The van der Waals surface area contributed by atoms with E-state index in [0.717, 1.165) is 21.1 Å². The van der Waals surface area contributed by atoms with Gasteiger partial charge in [-0.05, 0) is 20.8 Å². The Morgan fingerprint density at radius 3 is 2.31 bits per heavy atom. The smallest absolute Gasteiger partial charge is 0.125 e. The van der Waals surface area contributed by atoms with Gasteiger partial charge in [0.25, 0.3) is 0 Å². The third-order valence-electron chi connectivity index (χ3n) is 2.37. The molecule has 0 aliphatic heterocycles. The van der Waals surface area contributed by atoms with E-state index in [1.807, 2.05) is 37.3 Å². The molecule has 2 rings (SSSR count). The molecule has 0 spiro atoms. The maximum Gasteiger partial charge on any atom is 0.125 e. The Hall–Kier alpha value is -1.19. The van der Waals surface area contributed by atoms with Crippen molar-refractivity contribution < 1.29 is 5.11 Å². The maximum atomic E-state index is 9.92. The summed E-state index contributed by atoms with van der Waals surface area (Å²) in [4.78, 5) is 5.66. The predicted molar refractivity (Wildman–Crippen MR) is 67.5 cm³/mol. The summed E-state index contributed by atoms with van der Waals surface area (Å²) in [7, 11) is 0. The molecule has 0 aliphatic rings. The lowest BCUT2D eigenvalue weighted by atomic mass is 10.1. The summed E-state index contributed by atoms with van der Waals surface area (Å²) < 4.78 is 0. The van der Waals surface area contributed by atoms with Gasteiger partial charge in [-0.1, -0.05) is 30.3 Å². The van der Waals surface area contributed by atoms with Crippen LogP contribution in [-0.2, 0) is 5.60 Å². The Kier molecular flexibility index (Phi) is 2.82. The van der Waals surface area contributed by atoms with Crippen LogP contribution < -0.4 is 0 Å². The van der Waals surface area contributed by atoms with Crippen molar-refractivity contribution in [3.8, 4) is 11.3 Å². The normalized spacial score (nSPS) is 11.8. The van der Waals surface area contributed by atoms with Crippen LogP contribution in [0.4, 0.5) is 0 Å². The number of thiazole rings is 1. The van der Waals surface area contributed by atoms with Gasteiger partial charge in [0.15, 0.2) is 0 Å². The molecule has 3 heteroatoms. The molecular formula is C13H15NOS. The largest absolute Gasteiger partial charge is 0.383 e. The average Bonchev–Trinajstić information content (AvgIpc) is 2.61. The minimum atomic E-state index is -0.859. The zero-order valence-electron chi connectivity index (χ0n) is 9.69. The van der Waals surface area contributed by atoms with Crippen molar-refractivity contribution >= 4 is 11.3 Å². The zero-order chi connectivity index (χ0) is 11.8. The zero-order valence-corrected chi connectivity index (χ0v) is 10.5. The lowest BCUT2D eigenvalue weighted by Gasteiger charge is -2.12. The molecule has 0 saturated heterocycles. The van der Waals surface area contributed by atoms with Crippen molar-refractivity contribution in [2.24, 2.45) is 0 Å². The Balaban J connectivity index is 2.48. The van der Waals surface area contributed by atoms with Gasteiger partial charge in [0.2, 0.25) is 0 Å². The van der Waals surface area contributed by atoms with Crippen molar-refractivity contribution in [3.05, 3.63) is 40.2 Å². The van der Waals surface area contributed by atoms with Crippen molar-refractivity contribution in [2.75, 3.05) is 0 Å². The molecule has 0 unspecified atom stereocenters. The maximum absolute atomic E-state index is 9.92. The van der Waals surface area contributed by atoms with E-state index in [-0.39, 0.29) is 0 Å². The number of benzene rings is 1. The molecule has 16 heavy (non-hydrogen) atoms. The Morgan fingerprint density at radius 1 is 1.19 bits per heavy atom. The summed E-state index contributed by atoms with van der Waals surface area (Å²) in [6, 6.07) is 10.1. The van der Waals surface area contributed by atoms with Crippen LogP contribution in [0.1, 0.15) is 23.7 Å². The molecule has 0 radical (unpaired) electrons. The number of nitrogens with zero attached hydrogens (tertiary/aromatic N) is 1. The van der Waals surface area contributed by atoms with Gasteiger partial charge in [-0.25, -0.2) is 4.98 Å². The van der Waals surface area contributed by atoms with Gasteiger partial charge in [0.05, 0.1) is 5.69 Å². The Bertz CT molecular complexity index is 482. The summed E-state index contributed by atoms with van der Waals surface area (Å²) in [6.45, 7) is 5.56. The number of hydrogen-bond donors (Lipinski definition) is 1. The minimum absolute atomic E-state index is 0.767. The van der Waals surface area contributed by atoms with Crippen LogP contribution >= 0.6 is 11.3 Å². The molecule has 0 aliphatic carbocycles. The van der Waals surface area contributed by atoms with Crippen molar-refractivity contribution in [1.82, 2.24) is 4.98 Å². The van der Waals surface area contributed by atoms with E-state index in [2.05, 4.69) is 4.98 Å². The first-order chi connectivity index (χ1) is 7.48. The van der Waals surface area contributed by atoms with Gasteiger partial charge >= 0.3 is 0 Å². The van der Waals surface area contributed by atoms with Gasteiger partial charge < -0.3 is 5.11 Å². The predicted octanol–water partition coefficient (Wildman–Crippen LogP) is 3.35. The lowest BCUT2D eigenvalue weighted by molar-refractivity contribution is 0.0783. The highest BCUT2D eigenvalue weighted by Gasteiger charge is 2.22. The molecule has 1 heterocycles. The molecule has 1 aromatic carbocycles. The number of aryl methyl sites for hydroxylation is 1. The molecule has 0 fully saturated rings. The summed E-state index contributed by atoms with van der Waals surface area (Å²) in [5.41, 5.74) is 1.22. The highest BCUT2D eigenvalue weighted by atomic mass is 32.1. The second kappa shape index (κ2) is 4.00. The second-order valence-corrected chi connectivity index (χ2v) is 5.55. The summed E-state index contributed by atoms with van der Waals surface area (Å²) in [5.74, 6) is 0. The quantitative estimate of drug-likeness (QED) is 0.863. The molecule has 1 N–H and O–H groups in total. The Labute approximate surface area is 99.6 Å². The monoisotopic (exact) mass is 233 g/mol. The standard InChI is InChI=1S/C13H15NOS/c1-9-11(10-7-5-4-6-8-10)14-12(16-9)13(2,3)15/h4-8,15H,1-3H3. The van der Waals surface area contributed by atoms with Crippen LogP contribution in [0.5, 0.6) is 0 Å². The van der Waals surface area contributed by atoms with Crippen molar-refractivity contribution in [2.45, 2.75) is 26.4 Å². The first kappa shape index (κ1) is 11.3. The number of rotatable bonds is 2. The summed E-state index contributed by atoms with van der Waals surface area (Å²) in [6.07, 6.45) is 0. The van der Waals surface area contributed by atoms with E-state index < -0.39 is 5.60 Å². The van der Waals surface area contributed by atoms with Crippen LogP contribution in [-0.4, -0.2) is 10.1 Å². The van der Waals surface area contributed by atoms with E-state index in [9.17, 15) is 5.11 Å². The molecule has 2 nitrogen and oxygen atoms in total. The average molecular weight is 233 g/mol. The van der Waals surface area contributed by atoms with E-state index in [1.165, 1.54) is 0 Å². The number of hydrogen-bond acceptors (Lipinski definition) is 3. The first-order valence-electron chi connectivity index (χ1n) is 5.24. The Morgan fingerprint density at radius 2 is 1.81 bits per heavy atom. The van der Waals surface area contributed by atoms with E-state index >= 15 is 0 Å². The van der Waals surface area contributed by atoms with E-state index in [0.29, 0.717) is 0 Å².